The third-order valence-corrected chi connectivity index (χ3v) is 8.88. The number of hydrogen-bond donors (Lipinski definition) is 0. The van der Waals surface area contributed by atoms with Crippen LogP contribution in [-0.2, 0) is 6.11 Å². The summed E-state index contributed by atoms with van der Waals surface area (Å²) >= 11 is 0. The summed E-state index contributed by atoms with van der Waals surface area (Å²) < 4.78 is 164. The zero-order valence-corrected chi connectivity index (χ0v) is 26.6. The van der Waals surface area contributed by atoms with E-state index in [-0.39, 0.29) is 22.6 Å². The molecule has 0 unspecified atom stereocenters. The molecule has 1 aliphatic carbocycles. The third-order valence-electron chi connectivity index (χ3n) is 8.88. The largest absolute Gasteiger partial charge is 0.573 e. The van der Waals surface area contributed by atoms with Crippen LogP contribution >= 0.6 is 0 Å². The van der Waals surface area contributed by atoms with E-state index >= 15 is 26.3 Å². The van der Waals surface area contributed by atoms with Crippen molar-refractivity contribution in [2.75, 3.05) is 0 Å². The summed E-state index contributed by atoms with van der Waals surface area (Å²) in [7, 11) is 0. The van der Waals surface area contributed by atoms with Gasteiger partial charge in [0, 0.05) is 17.2 Å². The second-order valence-corrected chi connectivity index (χ2v) is 12.3. The molecule has 0 atom stereocenters. The lowest BCUT2D eigenvalue weighted by Gasteiger charge is -2.29. The van der Waals surface area contributed by atoms with E-state index < -0.39 is 75.6 Å². The fourth-order valence-corrected chi connectivity index (χ4v) is 6.41. The van der Waals surface area contributed by atoms with Crippen LogP contribution in [0.2, 0.25) is 0 Å². The quantitative estimate of drug-likeness (QED) is 0.114. The number of alkyl halides is 5. The molecule has 1 saturated carbocycles. The Balaban J connectivity index is 1.30. The summed E-state index contributed by atoms with van der Waals surface area (Å²) in [6.45, 7) is 2.12. The van der Waals surface area contributed by atoms with Gasteiger partial charge in [-0.2, -0.15) is 8.78 Å². The topological polar surface area (TPSA) is 18.5 Å². The molecule has 0 bridgehead atoms. The Morgan fingerprint density at radius 2 is 1.16 bits per heavy atom. The van der Waals surface area contributed by atoms with Gasteiger partial charge in [0.1, 0.15) is 34.6 Å². The molecule has 0 radical (unpaired) electrons. The second kappa shape index (κ2) is 14.9. The highest BCUT2D eigenvalue weighted by Crippen LogP contribution is 2.42. The van der Waals surface area contributed by atoms with Crippen LogP contribution in [0, 0.1) is 40.8 Å². The van der Waals surface area contributed by atoms with Crippen molar-refractivity contribution in [3.05, 3.63) is 107 Å². The minimum absolute atomic E-state index is 0.164. The lowest BCUT2D eigenvalue weighted by molar-refractivity contribution is -0.276. The lowest BCUT2D eigenvalue weighted by atomic mass is 9.77. The number of ether oxygens (including phenoxy) is 2. The van der Waals surface area contributed by atoms with Crippen molar-refractivity contribution in [2.24, 2.45) is 5.92 Å². The molecule has 1 fully saturated rings. The van der Waals surface area contributed by atoms with Gasteiger partial charge in [-0.1, -0.05) is 44.7 Å². The van der Waals surface area contributed by atoms with E-state index in [0.717, 1.165) is 81.0 Å². The number of halogens is 11. The maximum absolute atomic E-state index is 15.1. The minimum Gasteiger partial charge on any atom is -0.429 e. The van der Waals surface area contributed by atoms with Gasteiger partial charge >= 0.3 is 12.5 Å². The van der Waals surface area contributed by atoms with Gasteiger partial charge in [0.05, 0.1) is 0 Å². The highest BCUT2D eigenvalue weighted by Gasteiger charge is 2.42. The van der Waals surface area contributed by atoms with E-state index in [0.29, 0.717) is 37.0 Å². The molecule has 2 nitrogen and oxygen atoms in total. The zero-order valence-electron chi connectivity index (χ0n) is 26.6. The molecule has 13 heteroatoms. The number of hydrogen-bond acceptors (Lipinski definition) is 2. The normalized spacial score (nSPS) is 16.8. The fraction of sp³-hybridized carbons (Fsp3) is 0.351. The van der Waals surface area contributed by atoms with Crippen LogP contribution in [0.1, 0.15) is 75.3 Å². The van der Waals surface area contributed by atoms with Crippen molar-refractivity contribution in [3.63, 3.8) is 0 Å². The number of benzene rings is 4. The Bertz CT molecular complexity index is 1780. The van der Waals surface area contributed by atoms with Crippen molar-refractivity contribution in [1.82, 2.24) is 0 Å². The van der Waals surface area contributed by atoms with E-state index in [1.54, 1.807) is 0 Å². The van der Waals surface area contributed by atoms with Gasteiger partial charge in [0.15, 0.2) is 11.6 Å². The van der Waals surface area contributed by atoms with E-state index in [9.17, 15) is 22.0 Å². The Hall–Kier alpha value is -4.29. The second-order valence-electron chi connectivity index (χ2n) is 12.3. The average molecular weight is 717 g/mol. The highest BCUT2D eigenvalue weighted by molar-refractivity contribution is 5.72. The van der Waals surface area contributed by atoms with Crippen molar-refractivity contribution >= 4 is 0 Å². The Morgan fingerprint density at radius 3 is 1.72 bits per heavy atom. The fourth-order valence-electron chi connectivity index (χ4n) is 6.41. The van der Waals surface area contributed by atoms with Crippen LogP contribution in [0.3, 0.4) is 0 Å². The van der Waals surface area contributed by atoms with Crippen molar-refractivity contribution in [2.45, 2.75) is 76.7 Å². The molecule has 268 valence electrons. The van der Waals surface area contributed by atoms with Crippen molar-refractivity contribution in [1.29, 1.82) is 0 Å². The monoisotopic (exact) mass is 716 g/mol. The first-order valence-electron chi connectivity index (χ1n) is 16.0. The van der Waals surface area contributed by atoms with Crippen LogP contribution in [0.25, 0.3) is 22.3 Å². The predicted molar refractivity (Wildman–Crippen MR) is 164 cm³/mol. The highest BCUT2D eigenvalue weighted by atomic mass is 19.4. The molecule has 0 aromatic heterocycles. The van der Waals surface area contributed by atoms with Gasteiger partial charge in [-0.05, 0) is 96.7 Å². The summed E-state index contributed by atoms with van der Waals surface area (Å²) in [6, 6.07) is 7.70. The predicted octanol–water partition coefficient (Wildman–Crippen LogP) is 12.7. The SMILES string of the molecule is CCCCCC1CCC(c2cc(F)c(C(F)(F)Oc3ccc(-c4ccc(-c5cc(F)c(OC(F)(F)F)c(F)c5)c(F)c4)c(F)c3)c(F)c2)CC1. The van der Waals surface area contributed by atoms with E-state index in [4.69, 9.17) is 0 Å². The van der Waals surface area contributed by atoms with Gasteiger partial charge in [-0.15, -0.1) is 13.2 Å². The molecule has 0 aliphatic heterocycles. The van der Waals surface area contributed by atoms with E-state index in [1.165, 1.54) is 0 Å². The number of unbranched alkanes of at least 4 members (excludes halogenated alkanes) is 2. The smallest absolute Gasteiger partial charge is 0.429 e. The molecular weight excluding hydrogens is 685 g/mol. The summed E-state index contributed by atoms with van der Waals surface area (Å²) in [5, 5.41) is 0. The average Bonchev–Trinajstić information content (AvgIpc) is 3.02. The van der Waals surface area contributed by atoms with Crippen LogP contribution in [0.15, 0.2) is 60.7 Å². The van der Waals surface area contributed by atoms with Crippen molar-refractivity contribution < 1.29 is 57.8 Å². The molecule has 0 amide bonds. The molecular formula is C37H31F11O2. The molecule has 0 saturated heterocycles. The van der Waals surface area contributed by atoms with Gasteiger partial charge in [-0.3, -0.25) is 0 Å². The van der Waals surface area contributed by atoms with Gasteiger partial charge < -0.3 is 9.47 Å². The maximum atomic E-state index is 15.1. The molecule has 50 heavy (non-hydrogen) atoms. The number of rotatable bonds is 11. The van der Waals surface area contributed by atoms with Crippen LogP contribution in [-0.4, -0.2) is 6.36 Å². The Morgan fingerprint density at radius 1 is 0.600 bits per heavy atom. The maximum Gasteiger partial charge on any atom is 0.573 e. The van der Waals surface area contributed by atoms with E-state index in [2.05, 4.69) is 16.4 Å². The summed E-state index contributed by atoms with van der Waals surface area (Å²) in [6.07, 6.45) is -2.33. The van der Waals surface area contributed by atoms with Gasteiger partial charge in [-0.25, -0.2) is 26.3 Å². The Labute approximate surface area is 280 Å². The van der Waals surface area contributed by atoms with Gasteiger partial charge in [0.25, 0.3) is 0 Å². The molecule has 4 aromatic rings. The van der Waals surface area contributed by atoms with E-state index in [1.807, 2.05) is 0 Å². The first-order chi connectivity index (χ1) is 23.6. The molecule has 5 rings (SSSR count). The van der Waals surface area contributed by atoms with Crippen LogP contribution < -0.4 is 9.47 Å². The van der Waals surface area contributed by atoms with Gasteiger partial charge in [0.2, 0.25) is 5.75 Å². The summed E-state index contributed by atoms with van der Waals surface area (Å²) in [4.78, 5) is 0. The minimum atomic E-state index is -5.39. The summed E-state index contributed by atoms with van der Waals surface area (Å²) in [5.74, 6) is -11.1. The lowest BCUT2D eigenvalue weighted by Crippen LogP contribution is -2.26. The van der Waals surface area contributed by atoms with Crippen LogP contribution in [0.4, 0.5) is 48.3 Å². The summed E-state index contributed by atoms with van der Waals surface area (Å²) in [5.41, 5.74) is -2.81. The molecule has 0 N–H and O–H groups in total. The van der Waals surface area contributed by atoms with Crippen molar-refractivity contribution in [3.8, 4) is 33.8 Å². The molecule has 1 aliphatic rings. The van der Waals surface area contributed by atoms with Crippen LogP contribution in [0.5, 0.6) is 11.5 Å². The molecule has 4 aromatic carbocycles. The zero-order chi connectivity index (χ0) is 36.4. The standard InChI is InChI=1S/C37H31F11O2/c1-2-3-4-5-20-6-8-21(9-7-20)23-15-30(40)34(31(41)16-23)36(44,45)49-25-11-13-26(29(39)19-25)22-10-12-27(28(38)14-22)24-17-32(42)35(33(43)18-24)50-37(46,47)48/h10-21H,2-9H2,1H3. The molecule has 0 heterocycles. The molecule has 0 spiro atoms. The first-order valence-corrected chi connectivity index (χ1v) is 16.0. The third kappa shape index (κ3) is 8.53. The first kappa shape index (κ1) is 37.0. The Kier molecular flexibility index (Phi) is 11.0.